The number of ether oxygens (including phenoxy) is 1. The van der Waals surface area contributed by atoms with Gasteiger partial charge < -0.3 is 14.3 Å². The second kappa shape index (κ2) is 7.92. The van der Waals surface area contributed by atoms with Gasteiger partial charge in [-0.3, -0.25) is 0 Å². The number of aliphatic hydroxyl groups is 1. The van der Waals surface area contributed by atoms with Gasteiger partial charge in [0, 0.05) is 11.1 Å². The minimum absolute atomic E-state index is 0.263. The standard InChI is InChI=1S/C21H17F6NO3/c1-12-6-3-4-9-16(12)18-28-17(13(2)31-18)11-30-15-8-5-7-14(10-15)19(29,20(22,23)24)21(25,26)27/h3-10,29H,11H2,1-2H3. The summed E-state index contributed by atoms with van der Waals surface area (Å²) >= 11 is 0. The Hall–Kier alpha value is -3.01. The molecule has 0 unspecified atom stereocenters. The predicted octanol–water partition coefficient (Wildman–Crippen LogP) is 5.85. The van der Waals surface area contributed by atoms with Crippen LogP contribution in [0.4, 0.5) is 26.3 Å². The zero-order valence-corrected chi connectivity index (χ0v) is 16.3. The number of nitrogens with zero attached hydrogens (tertiary/aromatic N) is 1. The van der Waals surface area contributed by atoms with Crippen LogP contribution in [0.15, 0.2) is 52.9 Å². The molecule has 0 fully saturated rings. The lowest BCUT2D eigenvalue weighted by molar-refractivity contribution is -0.376. The second-order valence-electron chi connectivity index (χ2n) is 6.86. The highest BCUT2D eigenvalue weighted by Crippen LogP contribution is 2.50. The quantitative estimate of drug-likeness (QED) is 0.501. The molecule has 0 radical (unpaired) electrons. The molecule has 0 aliphatic carbocycles. The highest BCUT2D eigenvalue weighted by atomic mass is 19.4. The number of benzene rings is 2. The van der Waals surface area contributed by atoms with Gasteiger partial charge in [-0.2, -0.15) is 26.3 Å². The number of aromatic nitrogens is 1. The summed E-state index contributed by atoms with van der Waals surface area (Å²) in [6.07, 6.45) is -12.0. The van der Waals surface area contributed by atoms with Crippen molar-refractivity contribution in [1.82, 2.24) is 4.98 Å². The number of hydrogen-bond donors (Lipinski definition) is 1. The Bertz CT molecular complexity index is 1060. The van der Waals surface area contributed by atoms with E-state index in [0.717, 1.165) is 17.2 Å². The summed E-state index contributed by atoms with van der Waals surface area (Å²) in [6, 6.07) is 10.4. The van der Waals surface area contributed by atoms with Gasteiger partial charge in [0.05, 0.1) is 0 Å². The molecular formula is C21H17F6NO3. The van der Waals surface area contributed by atoms with Gasteiger partial charge >= 0.3 is 12.4 Å². The van der Waals surface area contributed by atoms with E-state index in [1.807, 2.05) is 19.1 Å². The summed E-state index contributed by atoms with van der Waals surface area (Å²) < 4.78 is 89.5. The van der Waals surface area contributed by atoms with Crippen molar-refractivity contribution < 1.29 is 40.6 Å². The molecule has 3 aromatic rings. The Labute approximate surface area is 173 Å². The van der Waals surface area contributed by atoms with Crippen molar-refractivity contribution in [3.63, 3.8) is 0 Å². The molecule has 0 amide bonds. The summed E-state index contributed by atoms with van der Waals surface area (Å²) in [5, 5.41) is 9.53. The third kappa shape index (κ3) is 4.25. The maximum Gasteiger partial charge on any atom is 0.430 e. The Kier molecular flexibility index (Phi) is 5.79. The fraction of sp³-hybridized carbons (Fsp3) is 0.286. The van der Waals surface area contributed by atoms with Gasteiger partial charge in [-0.1, -0.05) is 30.3 Å². The number of hydrogen-bond acceptors (Lipinski definition) is 4. The predicted molar refractivity (Wildman–Crippen MR) is 98.2 cm³/mol. The molecule has 0 atom stereocenters. The molecule has 10 heteroatoms. The van der Waals surface area contributed by atoms with E-state index in [4.69, 9.17) is 9.15 Å². The molecule has 0 saturated carbocycles. The summed E-state index contributed by atoms with van der Waals surface area (Å²) in [5.74, 6) is 0.396. The topological polar surface area (TPSA) is 55.5 Å². The zero-order chi connectivity index (χ0) is 23.0. The maximum atomic E-state index is 13.1. The number of halogens is 6. The van der Waals surface area contributed by atoms with E-state index in [1.54, 1.807) is 19.1 Å². The SMILES string of the molecule is Cc1ccccc1-c1nc(COc2cccc(C(O)(C(F)(F)F)C(F)(F)F)c2)c(C)o1. The summed E-state index contributed by atoms with van der Waals surface area (Å²) in [6.45, 7) is 3.20. The first-order valence-corrected chi connectivity index (χ1v) is 8.96. The average molecular weight is 445 g/mol. The molecule has 0 aliphatic heterocycles. The van der Waals surface area contributed by atoms with Crippen molar-refractivity contribution in [3.05, 3.63) is 71.1 Å². The summed E-state index contributed by atoms with van der Waals surface area (Å²) in [5.41, 5.74) is -4.46. The molecule has 1 N–H and O–H groups in total. The van der Waals surface area contributed by atoms with E-state index < -0.39 is 23.5 Å². The lowest BCUT2D eigenvalue weighted by atomic mass is 9.92. The minimum Gasteiger partial charge on any atom is -0.487 e. The van der Waals surface area contributed by atoms with Crippen molar-refractivity contribution in [2.75, 3.05) is 0 Å². The number of oxazole rings is 1. The Balaban J connectivity index is 1.85. The normalized spacial score (nSPS) is 12.8. The smallest absolute Gasteiger partial charge is 0.430 e. The minimum atomic E-state index is -5.98. The van der Waals surface area contributed by atoms with Crippen molar-refractivity contribution in [1.29, 1.82) is 0 Å². The van der Waals surface area contributed by atoms with Crippen LogP contribution in [-0.4, -0.2) is 22.4 Å². The molecule has 1 heterocycles. The van der Waals surface area contributed by atoms with Gasteiger partial charge in [0.25, 0.3) is 5.60 Å². The molecule has 0 bridgehead atoms. The van der Waals surface area contributed by atoms with Gasteiger partial charge in [-0.15, -0.1) is 0 Å². The molecule has 2 aromatic carbocycles. The highest BCUT2D eigenvalue weighted by Gasteiger charge is 2.71. The molecule has 0 aliphatic rings. The van der Waals surface area contributed by atoms with Crippen LogP contribution < -0.4 is 4.74 Å². The third-order valence-corrected chi connectivity index (χ3v) is 4.72. The van der Waals surface area contributed by atoms with E-state index >= 15 is 0 Å². The third-order valence-electron chi connectivity index (χ3n) is 4.72. The van der Waals surface area contributed by atoms with E-state index in [9.17, 15) is 31.4 Å². The summed E-state index contributed by atoms with van der Waals surface area (Å²) in [7, 11) is 0. The molecule has 4 nitrogen and oxygen atoms in total. The van der Waals surface area contributed by atoms with Crippen LogP contribution in [0.1, 0.15) is 22.6 Å². The van der Waals surface area contributed by atoms with Crippen molar-refractivity contribution in [2.45, 2.75) is 38.4 Å². The largest absolute Gasteiger partial charge is 0.487 e. The molecule has 3 rings (SSSR count). The molecular weight excluding hydrogens is 428 g/mol. The number of rotatable bonds is 5. The molecule has 1 aromatic heterocycles. The lowest BCUT2D eigenvalue weighted by Crippen LogP contribution is -2.53. The Morgan fingerprint density at radius 1 is 0.935 bits per heavy atom. The van der Waals surface area contributed by atoms with Gasteiger partial charge in [-0.05, 0) is 37.6 Å². The second-order valence-corrected chi connectivity index (χ2v) is 6.86. The van der Waals surface area contributed by atoms with Crippen LogP contribution in [0.3, 0.4) is 0 Å². The van der Waals surface area contributed by atoms with Crippen molar-refractivity contribution in [3.8, 4) is 17.2 Å². The lowest BCUT2D eigenvalue weighted by Gasteiger charge is -2.32. The number of aryl methyl sites for hydroxylation is 2. The van der Waals surface area contributed by atoms with Gasteiger partial charge in [0.1, 0.15) is 23.8 Å². The molecule has 0 saturated heterocycles. The van der Waals surface area contributed by atoms with Crippen LogP contribution in [-0.2, 0) is 12.2 Å². The first-order valence-electron chi connectivity index (χ1n) is 8.96. The molecule has 31 heavy (non-hydrogen) atoms. The Morgan fingerprint density at radius 2 is 1.58 bits per heavy atom. The van der Waals surface area contributed by atoms with Crippen molar-refractivity contribution in [2.24, 2.45) is 0 Å². The monoisotopic (exact) mass is 445 g/mol. The van der Waals surface area contributed by atoms with Crippen LogP contribution in [0, 0.1) is 13.8 Å². The fourth-order valence-corrected chi connectivity index (χ4v) is 2.94. The maximum absolute atomic E-state index is 13.1. The van der Waals surface area contributed by atoms with Gasteiger partial charge in [0.15, 0.2) is 0 Å². The van der Waals surface area contributed by atoms with E-state index in [1.165, 1.54) is 6.07 Å². The average Bonchev–Trinajstić information content (AvgIpc) is 3.05. The zero-order valence-electron chi connectivity index (χ0n) is 16.3. The van der Waals surface area contributed by atoms with E-state index in [2.05, 4.69) is 4.98 Å². The van der Waals surface area contributed by atoms with Gasteiger partial charge in [0.2, 0.25) is 5.89 Å². The first-order chi connectivity index (χ1) is 14.3. The number of alkyl halides is 6. The van der Waals surface area contributed by atoms with Crippen LogP contribution >= 0.6 is 0 Å². The van der Waals surface area contributed by atoms with E-state index in [-0.39, 0.29) is 12.4 Å². The van der Waals surface area contributed by atoms with Crippen molar-refractivity contribution >= 4 is 0 Å². The molecule has 0 spiro atoms. The van der Waals surface area contributed by atoms with Crippen LogP contribution in [0.2, 0.25) is 0 Å². The van der Waals surface area contributed by atoms with E-state index in [0.29, 0.717) is 29.5 Å². The van der Waals surface area contributed by atoms with Crippen LogP contribution in [0.25, 0.3) is 11.5 Å². The fourth-order valence-electron chi connectivity index (χ4n) is 2.94. The Morgan fingerprint density at radius 3 is 2.19 bits per heavy atom. The van der Waals surface area contributed by atoms with Crippen LogP contribution in [0.5, 0.6) is 5.75 Å². The van der Waals surface area contributed by atoms with Gasteiger partial charge in [-0.25, -0.2) is 4.98 Å². The summed E-state index contributed by atoms with van der Waals surface area (Å²) in [4.78, 5) is 4.30. The first kappa shape index (κ1) is 22.7. The highest BCUT2D eigenvalue weighted by molar-refractivity contribution is 5.58. The molecule has 166 valence electrons.